The van der Waals surface area contributed by atoms with E-state index in [4.69, 9.17) is 14.5 Å². The zero-order valence-corrected chi connectivity index (χ0v) is 17.0. The molecule has 0 radical (unpaired) electrons. The van der Waals surface area contributed by atoms with E-state index in [2.05, 4.69) is 23.6 Å². The Morgan fingerprint density at radius 2 is 2.21 bits per heavy atom. The van der Waals surface area contributed by atoms with Gasteiger partial charge in [0.25, 0.3) is 0 Å². The third kappa shape index (κ3) is 7.25. The number of nitrogens with zero attached hydrogens (tertiary/aromatic N) is 1. The highest BCUT2D eigenvalue weighted by Crippen LogP contribution is 2.32. The number of nitrogens with one attached hydrogen (secondary N) is 2. The Morgan fingerprint density at radius 3 is 2.83 bits per heavy atom. The summed E-state index contributed by atoms with van der Waals surface area (Å²) in [6.45, 7) is 7.72. The molecule has 2 rings (SSSR count). The molecule has 0 saturated carbocycles. The van der Waals surface area contributed by atoms with Gasteiger partial charge in [-0.1, -0.05) is 11.6 Å². The molecule has 0 bridgehead atoms. The quantitative estimate of drug-likeness (QED) is 0.226. The number of halogens is 1. The number of guanidine groups is 1. The van der Waals surface area contributed by atoms with E-state index in [1.807, 2.05) is 0 Å². The van der Waals surface area contributed by atoms with Crippen molar-refractivity contribution in [3.8, 4) is 0 Å². The lowest BCUT2D eigenvalue weighted by Gasteiger charge is -2.25. The van der Waals surface area contributed by atoms with Gasteiger partial charge in [0, 0.05) is 31.7 Å². The van der Waals surface area contributed by atoms with Gasteiger partial charge in [0.1, 0.15) is 0 Å². The van der Waals surface area contributed by atoms with Crippen molar-refractivity contribution in [2.24, 2.45) is 10.4 Å². The van der Waals surface area contributed by atoms with Gasteiger partial charge in [-0.05, 0) is 32.6 Å². The molecule has 0 aromatic heterocycles. The minimum atomic E-state index is 0. The molecule has 1 unspecified atom stereocenters. The number of aliphatic hydroxyl groups excluding tert-OH is 1. The minimum Gasteiger partial charge on any atom is -0.396 e. The molecular formula is C17H32IN3O3. The van der Waals surface area contributed by atoms with Crippen LogP contribution < -0.4 is 10.6 Å². The predicted octanol–water partition coefficient (Wildman–Crippen LogP) is 1.69. The summed E-state index contributed by atoms with van der Waals surface area (Å²) >= 11 is 0. The molecule has 2 aliphatic rings. The summed E-state index contributed by atoms with van der Waals surface area (Å²) in [4.78, 5) is 4.73. The van der Waals surface area contributed by atoms with E-state index in [1.54, 1.807) is 0 Å². The smallest absolute Gasteiger partial charge is 0.191 e. The highest BCUT2D eigenvalue weighted by atomic mass is 127. The van der Waals surface area contributed by atoms with E-state index in [9.17, 15) is 5.11 Å². The Kier molecular flexibility index (Phi) is 10.9. The van der Waals surface area contributed by atoms with Crippen LogP contribution in [0.15, 0.2) is 16.6 Å². The van der Waals surface area contributed by atoms with Gasteiger partial charge in [-0.3, -0.25) is 4.99 Å². The van der Waals surface area contributed by atoms with Crippen LogP contribution in [0.1, 0.15) is 32.6 Å². The fourth-order valence-corrected chi connectivity index (χ4v) is 3.01. The molecule has 7 heteroatoms. The van der Waals surface area contributed by atoms with Crippen LogP contribution in [-0.2, 0) is 9.47 Å². The molecule has 2 aliphatic heterocycles. The van der Waals surface area contributed by atoms with Gasteiger partial charge in [0.05, 0.1) is 26.4 Å². The summed E-state index contributed by atoms with van der Waals surface area (Å²) < 4.78 is 10.9. The third-order valence-electron chi connectivity index (χ3n) is 4.54. The number of ether oxygens (including phenoxy) is 2. The van der Waals surface area contributed by atoms with Crippen molar-refractivity contribution in [1.82, 2.24) is 10.6 Å². The summed E-state index contributed by atoms with van der Waals surface area (Å²) in [6, 6.07) is 0. The van der Waals surface area contributed by atoms with E-state index in [0.29, 0.717) is 13.2 Å². The fraction of sp³-hybridized carbons (Fsp3) is 0.824. The lowest BCUT2D eigenvalue weighted by molar-refractivity contribution is 0.131. The van der Waals surface area contributed by atoms with Crippen molar-refractivity contribution < 1.29 is 14.6 Å². The Morgan fingerprint density at radius 1 is 1.33 bits per heavy atom. The average molecular weight is 453 g/mol. The molecule has 1 saturated heterocycles. The lowest BCUT2D eigenvalue weighted by Crippen LogP contribution is -2.39. The molecule has 0 spiro atoms. The normalized spacial score (nSPS) is 24.2. The second-order valence-electron chi connectivity index (χ2n) is 6.34. The largest absolute Gasteiger partial charge is 0.396 e. The second kappa shape index (κ2) is 12.1. The van der Waals surface area contributed by atoms with E-state index in [-0.39, 0.29) is 36.0 Å². The van der Waals surface area contributed by atoms with Crippen molar-refractivity contribution >= 4 is 29.9 Å². The van der Waals surface area contributed by atoms with Crippen molar-refractivity contribution in [1.29, 1.82) is 0 Å². The number of aliphatic imine (C=N–C) groups is 1. The fourth-order valence-electron chi connectivity index (χ4n) is 3.01. The number of hydrogen-bond acceptors (Lipinski definition) is 4. The molecule has 1 atom stereocenters. The topological polar surface area (TPSA) is 75.1 Å². The van der Waals surface area contributed by atoms with Gasteiger partial charge in [-0.15, -0.1) is 24.0 Å². The molecule has 24 heavy (non-hydrogen) atoms. The SMILES string of the molecule is CCNC(=NCC1(CCO)CCOC1)NCCC1=CCOCC1.I. The molecule has 6 nitrogen and oxygen atoms in total. The van der Waals surface area contributed by atoms with Crippen molar-refractivity contribution in [3.63, 3.8) is 0 Å². The van der Waals surface area contributed by atoms with Crippen LogP contribution in [0, 0.1) is 5.41 Å². The molecule has 0 aromatic rings. The summed E-state index contributed by atoms with van der Waals surface area (Å²) in [5.41, 5.74) is 1.46. The highest BCUT2D eigenvalue weighted by molar-refractivity contribution is 14.0. The molecule has 0 amide bonds. The maximum atomic E-state index is 9.29. The van der Waals surface area contributed by atoms with Crippen LogP contribution in [0.5, 0.6) is 0 Å². The van der Waals surface area contributed by atoms with Gasteiger partial charge in [-0.25, -0.2) is 0 Å². The number of rotatable bonds is 8. The molecular weight excluding hydrogens is 421 g/mol. The van der Waals surface area contributed by atoms with Gasteiger partial charge < -0.3 is 25.2 Å². The van der Waals surface area contributed by atoms with Gasteiger partial charge in [0.2, 0.25) is 0 Å². The molecule has 0 aromatic carbocycles. The van der Waals surface area contributed by atoms with Crippen LogP contribution in [0.2, 0.25) is 0 Å². The van der Waals surface area contributed by atoms with Gasteiger partial charge in [0.15, 0.2) is 5.96 Å². The molecule has 0 aliphatic carbocycles. The summed E-state index contributed by atoms with van der Waals surface area (Å²) in [6.07, 6.45) is 5.97. The van der Waals surface area contributed by atoms with Crippen LogP contribution in [-0.4, -0.2) is 63.7 Å². The zero-order chi connectivity index (χ0) is 16.4. The Labute approximate surface area is 162 Å². The van der Waals surface area contributed by atoms with Crippen LogP contribution in [0.4, 0.5) is 0 Å². The average Bonchev–Trinajstić information content (AvgIpc) is 3.03. The second-order valence-corrected chi connectivity index (χ2v) is 6.34. The monoisotopic (exact) mass is 453 g/mol. The van der Waals surface area contributed by atoms with E-state index in [1.165, 1.54) is 5.57 Å². The first-order chi connectivity index (χ1) is 11.3. The first kappa shape index (κ1) is 21.7. The van der Waals surface area contributed by atoms with E-state index in [0.717, 1.165) is 64.6 Å². The van der Waals surface area contributed by atoms with E-state index < -0.39 is 0 Å². The van der Waals surface area contributed by atoms with Crippen molar-refractivity contribution in [2.75, 3.05) is 52.7 Å². The number of aliphatic hydroxyl groups is 1. The van der Waals surface area contributed by atoms with E-state index >= 15 is 0 Å². The van der Waals surface area contributed by atoms with Crippen LogP contribution in [0.25, 0.3) is 0 Å². The summed E-state index contributed by atoms with van der Waals surface area (Å²) in [5.74, 6) is 0.851. The van der Waals surface area contributed by atoms with Gasteiger partial charge >= 0.3 is 0 Å². The zero-order valence-electron chi connectivity index (χ0n) is 14.7. The summed E-state index contributed by atoms with van der Waals surface area (Å²) in [5, 5.41) is 16.0. The lowest BCUT2D eigenvalue weighted by atomic mass is 9.84. The Bertz CT molecular complexity index is 410. The highest BCUT2D eigenvalue weighted by Gasteiger charge is 2.34. The van der Waals surface area contributed by atoms with Crippen LogP contribution in [0.3, 0.4) is 0 Å². The predicted molar refractivity (Wildman–Crippen MR) is 107 cm³/mol. The first-order valence-corrected chi connectivity index (χ1v) is 8.74. The third-order valence-corrected chi connectivity index (χ3v) is 4.54. The summed E-state index contributed by atoms with van der Waals surface area (Å²) in [7, 11) is 0. The van der Waals surface area contributed by atoms with Gasteiger partial charge in [-0.2, -0.15) is 0 Å². The maximum Gasteiger partial charge on any atom is 0.191 e. The maximum absolute atomic E-state index is 9.29. The standard InChI is InChI=1S/C17H31N3O3.HI/c1-2-18-16(19-8-3-15-4-10-22-11-5-15)20-13-17(6-9-21)7-12-23-14-17;/h4,21H,2-3,5-14H2,1H3,(H2,18,19,20);1H. The molecule has 3 N–H and O–H groups in total. The van der Waals surface area contributed by atoms with Crippen LogP contribution >= 0.6 is 24.0 Å². The molecule has 1 fully saturated rings. The molecule has 140 valence electrons. The minimum absolute atomic E-state index is 0. The Balaban J connectivity index is 0.00000288. The molecule has 2 heterocycles. The van der Waals surface area contributed by atoms with Crippen molar-refractivity contribution in [2.45, 2.75) is 32.6 Å². The first-order valence-electron chi connectivity index (χ1n) is 8.74. The van der Waals surface area contributed by atoms with Crippen molar-refractivity contribution in [3.05, 3.63) is 11.6 Å². The Hall–Kier alpha value is -0.380. The number of hydrogen-bond donors (Lipinski definition) is 3.